The van der Waals surface area contributed by atoms with Crippen molar-refractivity contribution in [3.63, 3.8) is 0 Å². The van der Waals surface area contributed by atoms with Gasteiger partial charge in [-0.15, -0.1) is 0 Å². The largest absolute Gasteiger partial charge is 0.480 e. The average molecular weight is 609 g/mol. The van der Waals surface area contributed by atoms with Crippen molar-refractivity contribution in [3.05, 3.63) is 69.2 Å². The monoisotopic (exact) mass is 607 g/mol. The van der Waals surface area contributed by atoms with Crippen LogP contribution in [-0.2, 0) is 20.5 Å². The fourth-order valence-electron chi connectivity index (χ4n) is 4.35. The molecule has 1 saturated heterocycles. The predicted molar refractivity (Wildman–Crippen MR) is 153 cm³/mol. The van der Waals surface area contributed by atoms with E-state index in [4.69, 9.17) is 20.9 Å². The van der Waals surface area contributed by atoms with E-state index in [1.54, 1.807) is 18.2 Å². The summed E-state index contributed by atoms with van der Waals surface area (Å²) < 4.78 is 12.8. The maximum Gasteiger partial charge on any atom is 0.480 e. The molecular weight excluding hydrogens is 572 g/mol. The van der Waals surface area contributed by atoms with Crippen LogP contribution in [0.1, 0.15) is 36.2 Å². The molecule has 1 fully saturated rings. The zero-order chi connectivity index (χ0) is 27.5. The first-order valence-electron chi connectivity index (χ1n) is 12.9. The molecule has 2 aromatic rings. The lowest BCUT2D eigenvalue weighted by Gasteiger charge is -2.31. The molecule has 1 heterocycles. The van der Waals surface area contributed by atoms with Crippen molar-refractivity contribution in [2.45, 2.75) is 38.7 Å². The lowest BCUT2D eigenvalue weighted by Crippen LogP contribution is -2.57. The maximum atomic E-state index is 13.7. The number of halogens is 2. The van der Waals surface area contributed by atoms with Crippen molar-refractivity contribution < 1.29 is 24.0 Å². The van der Waals surface area contributed by atoms with Crippen molar-refractivity contribution in [2.24, 2.45) is 5.92 Å². The molecule has 0 saturated carbocycles. The zero-order valence-electron chi connectivity index (χ0n) is 21.9. The van der Waals surface area contributed by atoms with Crippen LogP contribution in [0.15, 0.2) is 53.0 Å². The molecular formula is C27H36BBrClN3O5. The highest BCUT2D eigenvalue weighted by Crippen LogP contribution is 2.21. The minimum atomic E-state index is -0.844. The van der Waals surface area contributed by atoms with E-state index >= 15 is 0 Å². The van der Waals surface area contributed by atoms with Gasteiger partial charge in [-0.05, 0) is 36.1 Å². The van der Waals surface area contributed by atoms with Crippen LogP contribution >= 0.6 is 27.5 Å². The van der Waals surface area contributed by atoms with Crippen molar-refractivity contribution in [3.8, 4) is 0 Å². The molecule has 0 unspecified atom stereocenters. The summed E-state index contributed by atoms with van der Waals surface area (Å²) >= 11 is 9.66. The summed E-state index contributed by atoms with van der Waals surface area (Å²) in [6.07, 6.45) is 0.946. The maximum absolute atomic E-state index is 13.7. The Bertz CT molecular complexity index is 1040. The summed E-state index contributed by atoms with van der Waals surface area (Å²) in [6, 6.07) is 13.7. The third kappa shape index (κ3) is 9.66. The number of nitrogens with zero attached hydrogens (tertiary/aromatic N) is 1. The summed E-state index contributed by atoms with van der Waals surface area (Å²) in [7, 11) is -0.620. The van der Waals surface area contributed by atoms with Gasteiger partial charge in [0, 0.05) is 43.7 Å². The van der Waals surface area contributed by atoms with Gasteiger partial charge in [0.25, 0.3) is 5.91 Å². The van der Waals surface area contributed by atoms with Gasteiger partial charge in [0.1, 0.15) is 6.04 Å². The second kappa shape index (κ2) is 15.6. The number of hydrogen-bond acceptors (Lipinski definition) is 6. The Morgan fingerprint density at radius 3 is 2.42 bits per heavy atom. The van der Waals surface area contributed by atoms with Gasteiger partial charge in [0.2, 0.25) is 5.91 Å². The Kier molecular flexibility index (Phi) is 12.6. The lowest BCUT2D eigenvalue weighted by atomic mass is 9.73. The van der Waals surface area contributed by atoms with Gasteiger partial charge in [0.05, 0.1) is 23.1 Å². The number of benzene rings is 2. The van der Waals surface area contributed by atoms with Crippen molar-refractivity contribution in [2.75, 3.05) is 39.5 Å². The number of carbonyl (C=O) groups is 2. The van der Waals surface area contributed by atoms with E-state index < -0.39 is 25.0 Å². The third-order valence-electron chi connectivity index (χ3n) is 6.25. The van der Waals surface area contributed by atoms with E-state index in [-0.39, 0.29) is 24.0 Å². The van der Waals surface area contributed by atoms with Crippen molar-refractivity contribution in [1.82, 2.24) is 15.5 Å². The van der Waals surface area contributed by atoms with Crippen LogP contribution in [0.25, 0.3) is 0 Å². The van der Waals surface area contributed by atoms with Gasteiger partial charge in [-0.25, -0.2) is 0 Å². The minimum absolute atomic E-state index is 0.0785. The van der Waals surface area contributed by atoms with Crippen LogP contribution in [-0.4, -0.2) is 80.4 Å². The molecule has 3 N–H and O–H groups in total. The standard InChI is InChI=1S/C27H36BBrClN3O5/c1-19(2)16-25(28-37-14-11-33(10-13-34)12-15-38-28)32-27(36)24(17-20-6-4-3-5-7-20)31-26(35)22-18-21(29)8-9-23(22)30/h3-9,18-19,24-25,34H,10-17H2,1-2H3,(H,31,35)(H,32,36)/t24-,25-/m0/s1. The lowest BCUT2D eigenvalue weighted by molar-refractivity contribution is -0.123. The number of aliphatic hydroxyl groups excluding tert-OH is 1. The summed E-state index contributed by atoms with van der Waals surface area (Å²) in [5.74, 6) is -0.895. The number of amides is 2. The van der Waals surface area contributed by atoms with Gasteiger partial charge in [-0.2, -0.15) is 0 Å². The molecule has 0 bridgehead atoms. The van der Waals surface area contributed by atoms with E-state index in [0.717, 1.165) is 5.56 Å². The van der Waals surface area contributed by atoms with Crippen LogP contribution in [0, 0.1) is 5.92 Å². The van der Waals surface area contributed by atoms with E-state index in [0.29, 0.717) is 55.2 Å². The first-order chi connectivity index (χ1) is 18.3. The van der Waals surface area contributed by atoms with Crippen molar-refractivity contribution >= 4 is 46.5 Å². The van der Waals surface area contributed by atoms with Gasteiger partial charge in [-0.1, -0.05) is 71.7 Å². The molecule has 0 spiro atoms. The van der Waals surface area contributed by atoms with Crippen LogP contribution in [0.4, 0.5) is 0 Å². The normalized spacial score (nSPS) is 16.4. The second-order valence-electron chi connectivity index (χ2n) is 9.76. The molecule has 2 amide bonds. The van der Waals surface area contributed by atoms with Crippen LogP contribution in [0.3, 0.4) is 0 Å². The van der Waals surface area contributed by atoms with E-state index in [9.17, 15) is 14.7 Å². The fraction of sp³-hybridized carbons (Fsp3) is 0.481. The zero-order valence-corrected chi connectivity index (χ0v) is 24.2. The first-order valence-corrected chi connectivity index (χ1v) is 14.1. The predicted octanol–water partition coefficient (Wildman–Crippen LogP) is 3.34. The summed E-state index contributed by atoms with van der Waals surface area (Å²) in [5.41, 5.74) is 1.20. The number of carbonyl (C=O) groups excluding carboxylic acids is 2. The highest BCUT2D eigenvalue weighted by Gasteiger charge is 2.35. The van der Waals surface area contributed by atoms with Crippen LogP contribution in [0.5, 0.6) is 0 Å². The number of rotatable bonds is 11. The summed E-state index contributed by atoms with van der Waals surface area (Å²) in [5, 5.41) is 15.5. The fourth-order valence-corrected chi connectivity index (χ4v) is 4.91. The number of hydrogen-bond donors (Lipinski definition) is 3. The molecule has 0 radical (unpaired) electrons. The van der Waals surface area contributed by atoms with E-state index in [1.165, 1.54) is 0 Å². The molecule has 0 aliphatic carbocycles. The van der Waals surface area contributed by atoms with Gasteiger partial charge in [0.15, 0.2) is 0 Å². The number of nitrogens with one attached hydrogen (secondary N) is 2. The van der Waals surface area contributed by atoms with Crippen LogP contribution in [0.2, 0.25) is 5.02 Å². The summed E-state index contributed by atoms with van der Waals surface area (Å²) in [4.78, 5) is 28.9. The molecule has 1 aliphatic heterocycles. The summed E-state index contributed by atoms with van der Waals surface area (Å²) in [6.45, 7) is 6.96. The van der Waals surface area contributed by atoms with Crippen molar-refractivity contribution in [1.29, 1.82) is 0 Å². The van der Waals surface area contributed by atoms with Gasteiger partial charge >= 0.3 is 7.12 Å². The molecule has 8 nitrogen and oxygen atoms in total. The van der Waals surface area contributed by atoms with Gasteiger partial charge < -0.3 is 25.0 Å². The van der Waals surface area contributed by atoms with Crippen LogP contribution < -0.4 is 10.6 Å². The minimum Gasteiger partial charge on any atom is -0.408 e. The Balaban J connectivity index is 1.77. The Morgan fingerprint density at radius 1 is 1.11 bits per heavy atom. The smallest absolute Gasteiger partial charge is 0.408 e. The Morgan fingerprint density at radius 2 is 1.79 bits per heavy atom. The third-order valence-corrected chi connectivity index (χ3v) is 7.08. The Hall–Kier alpha value is -1.95. The SMILES string of the molecule is CC(C)C[C@H](NC(=O)[C@H](Cc1ccccc1)NC(=O)c1cc(Br)ccc1Cl)B1OCCN(CCO)CCO1. The highest BCUT2D eigenvalue weighted by atomic mass is 79.9. The highest BCUT2D eigenvalue weighted by molar-refractivity contribution is 9.10. The molecule has 38 heavy (non-hydrogen) atoms. The Labute approximate surface area is 238 Å². The second-order valence-corrected chi connectivity index (χ2v) is 11.1. The molecule has 2 aromatic carbocycles. The topological polar surface area (TPSA) is 100 Å². The average Bonchev–Trinajstić information content (AvgIpc) is 2.86. The number of aliphatic hydroxyl groups is 1. The molecule has 206 valence electrons. The molecule has 11 heteroatoms. The quantitative estimate of drug-likeness (QED) is 0.339. The molecule has 1 aliphatic rings. The van der Waals surface area contributed by atoms with E-state index in [1.807, 2.05) is 30.3 Å². The number of β-amino-alcohol motifs (C(OH)–C–C–N with tert-alkyl or cyclic N) is 1. The van der Waals surface area contributed by atoms with E-state index in [2.05, 4.69) is 45.3 Å². The molecule has 3 rings (SSSR count). The molecule has 2 atom stereocenters. The first kappa shape index (κ1) is 30.6. The molecule has 0 aromatic heterocycles. The van der Waals surface area contributed by atoms with Gasteiger partial charge in [-0.3, -0.25) is 14.5 Å².